The predicted octanol–water partition coefficient (Wildman–Crippen LogP) is 4.22. The summed E-state index contributed by atoms with van der Waals surface area (Å²) in [6.07, 6.45) is 3.93. The molecular formula is C25H29NO5. The monoisotopic (exact) mass is 423 g/mol. The van der Waals surface area contributed by atoms with Gasteiger partial charge in [-0.25, -0.2) is 0 Å². The molecule has 164 valence electrons. The number of nitrogens with zero attached hydrogens (tertiary/aromatic N) is 1. The Labute approximate surface area is 182 Å². The van der Waals surface area contributed by atoms with Crippen LogP contribution in [0.3, 0.4) is 0 Å². The number of methoxy groups -OCH3 is 1. The van der Waals surface area contributed by atoms with Crippen molar-refractivity contribution in [2.75, 3.05) is 13.7 Å². The maximum atomic E-state index is 12.8. The van der Waals surface area contributed by atoms with Crippen LogP contribution in [-0.2, 0) is 14.3 Å². The van der Waals surface area contributed by atoms with Crippen molar-refractivity contribution < 1.29 is 23.9 Å². The molecule has 1 aromatic carbocycles. The van der Waals surface area contributed by atoms with Crippen molar-refractivity contribution >= 4 is 17.5 Å². The van der Waals surface area contributed by atoms with E-state index in [4.69, 9.17) is 9.47 Å². The van der Waals surface area contributed by atoms with Crippen LogP contribution in [0.1, 0.15) is 53.8 Å². The zero-order valence-corrected chi connectivity index (χ0v) is 18.3. The Hall–Kier alpha value is -2.89. The predicted molar refractivity (Wildman–Crippen MR) is 116 cm³/mol. The summed E-state index contributed by atoms with van der Waals surface area (Å²) < 4.78 is 12.6. The number of carbonyl (C=O) groups is 3. The lowest BCUT2D eigenvalue weighted by Gasteiger charge is -2.36. The fraction of sp³-hybridized carbons (Fsp3) is 0.480. The molecule has 6 heteroatoms. The highest BCUT2D eigenvalue weighted by atomic mass is 16.5. The van der Waals surface area contributed by atoms with Crippen LogP contribution in [0.25, 0.3) is 5.69 Å². The van der Waals surface area contributed by atoms with Gasteiger partial charge in [-0.15, -0.1) is 0 Å². The molecule has 2 aliphatic carbocycles. The molecule has 1 unspecified atom stereocenters. The van der Waals surface area contributed by atoms with E-state index in [1.54, 1.807) is 7.11 Å². The second-order valence-electron chi connectivity index (χ2n) is 8.74. The van der Waals surface area contributed by atoms with Gasteiger partial charge in [0.1, 0.15) is 11.5 Å². The van der Waals surface area contributed by atoms with E-state index in [-0.39, 0.29) is 36.1 Å². The third kappa shape index (κ3) is 4.16. The van der Waals surface area contributed by atoms with Crippen molar-refractivity contribution in [2.45, 2.75) is 46.0 Å². The molecule has 0 aliphatic heterocycles. The molecule has 1 heterocycles. The van der Waals surface area contributed by atoms with Gasteiger partial charge in [-0.1, -0.05) is 6.42 Å². The molecular weight excluding hydrogens is 394 g/mol. The summed E-state index contributed by atoms with van der Waals surface area (Å²) in [6, 6.07) is 9.46. The second kappa shape index (κ2) is 8.69. The van der Waals surface area contributed by atoms with Crippen LogP contribution in [0.5, 0.6) is 5.75 Å². The van der Waals surface area contributed by atoms with Crippen molar-refractivity contribution in [3.05, 3.63) is 47.3 Å². The van der Waals surface area contributed by atoms with Crippen molar-refractivity contribution in [1.82, 2.24) is 4.57 Å². The normalized spacial score (nSPS) is 22.8. The quantitative estimate of drug-likeness (QED) is 0.514. The molecule has 6 nitrogen and oxygen atoms in total. The van der Waals surface area contributed by atoms with E-state index in [0.29, 0.717) is 24.2 Å². The van der Waals surface area contributed by atoms with E-state index in [0.717, 1.165) is 42.1 Å². The molecule has 2 fully saturated rings. The molecule has 0 radical (unpaired) electrons. The Morgan fingerprint density at radius 3 is 2.32 bits per heavy atom. The summed E-state index contributed by atoms with van der Waals surface area (Å²) in [6.45, 7) is 3.56. The Morgan fingerprint density at radius 1 is 1.06 bits per heavy atom. The average Bonchev–Trinajstić information content (AvgIpc) is 3.05. The minimum Gasteiger partial charge on any atom is -0.497 e. The Bertz CT molecular complexity index is 988. The van der Waals surface area contributed by atoms with E-state index in [9.17, 15) is 14.4 Å². The first-order valence-corrected chi connectivity index (χ1v) is 11.0. The number of ether oxygens (including phenoxy) is 2. The van der Waals surface area contributed by atoms with Crippen LogP contribution in [-0.4, -0.2) is 35.8 Å². The number of ketones is 2. The number of rotatable bonds is 6. The molecule has 0 saturated heterocycles. The Kier molecular flexibility index (Phi) is 5.99. The van der Waals surface area contributed by atoms with Crippen molar-refractivity contribution in [1.29, 1.82) is 0 Å². The summed E-state index contributed by atoms with van der Waals surface area (Å²) in [5, 5.41) is 0. The van der Waals surface area contributed by atoms with Crippen LogP contribution in [0, 0.1) is 31.6 Å². The summed E-state index contributed by atoms with van der Waals surface area (Å²) in [4.78, 5) is 37.7. The van der Waals surface area contributed by atoms with Crippen LogP contribution in [0.15, 0.2) is 30.3 Å². The molecule has 3 atom stereocenters. The zero-order valence-electron chi connectivity index (χ0n) is 18.3. The maximum Gasteiger partial charge on any atom is 0.309 e. The molecule has 2 aromatic rings. The number of hydrogen-bond acceptors (Lipinski definition) is 5. The van der Waals surface area contributed by atoms with Gasteiger partial charge in [0, 0.05) is 34.5 Å². The zero-order chi connectivity index (χ0) is 22.1. The first kappa shape index (κ1) is 21.3. The first-order valence-electron chi connectivity index (χ1n) is 11.0. The highest BCUT2D eigenvalue weighted by Gasteiger charge is 2.41. The topological polar surface area (TPSA) is 74.6 Å². The number of carbonyl (C=O) groups excluding carboxylic acids is 3. The van der Waals surface area contributed by atoms with Crippen molar-refractivity contribution in [3.8, 4) is 11.4 Å². The average molecular weight is 424 g/mol. The molecule has 1 aromatic heterocycles. The van der Waals surface area contributed by atoms with E-state index in [1.807, 2.05) is 48.7 Å². The highest BCUT2D eigenvalue weighted by molar-refractivity contribution is 5.99. The Morgan fingerprint density at radius 2 is 1.71 bits per heavy atom. The number of hydrogen-bond donors (Lipinski definition) is 0. The SMILES string of the molecule is COc1ccc(-n2c(C)cc(C(=O)COC(=O)C3C[C@H]4CCC[C@@H](C3)C4=O)c2C)cc1. The third-order valence-electron chi connectivity index (χ3n) is 6.79. The lowest BCUT2D eigenvalue weighted by Crippen LogP contribution is -2.39. The number of benzene rings is 1. The van der Waals surface area contributed by atoms with E-state index in [2.05, 4.69) is 0 Å². The van der Waals surface area contributed by atoms with Gasteiger partial charge in [0.2, 0.25) is 5.78 Å². The van der Waals surface area contributed by atoms with Gasteiger partial charge in [-0.3, -0.25) is 14.4 Å². The number of esters is 1. The smallest absolute Gasteiger partial charge is 0.309 e. The van der Waals surface area contributed by atoms with E-state index < -0.39 is 0 Å². The Balaban J connectivity index is 1.42. The van der Waals surface area contributed by atoms with Gasteiger partial charge in [0.15, 0.2) is 6.61 Å². The lowest BCUT2D eigenvalue weighted by atomic mass is 9.67. The van der Waals surface area contributed by atoms with Gasteiger partial charge in [0.25, 0.3) is 0 Å². The lowest BCUT2D eigenvalue weighted by molar-refractivity contribution is -0.152. The first-order chi connectivity index (χ1) is 14.9. The number of fused-ring (bicyclic) bond motifs is 2. The number of Topliss-reactive ketones (excluding diaryl/α,β-unsaturated/α-hetero) is 2. The van der Waals surface area contributed by atoms with E-state index >= 15 is 0 Å². The molecule has 0 N–H and O–H groups in total. The van der Waals surface area contributed by atoms with Gasteiger partial charge in [-0.05, 0) is 69.9 Å². The minimum absolute atomic E-state index is 0.0100. The van der Waals surface area contributed by atoms with Gasteiger partial charge >= 0.3 is 5.97 Å². The van der Waals surface area contributed by atoms with Crippen LogP contribution in [0.2, 0.25) is 0 Å². The van der Waals surface area contributed by atoms with Crippen molar-refractivity contribution in [2.24, 2.45) is 17.8 Å². The largest absolute Gasteiger partial charge is 0.497 e. The summed E-state index contributed by atoms with van der Waals surface area (Å²) in [5.74, 6) is 0.233. The molecule has 2 saturated carbocycles. The van der Waals surface area contributed by atoms with Crippen LogP contribution in [0.4, 0.5) is 0 Å². The molecule has 2 aliphatic rings. The van der Waals surface area contributed by atoms with Gasteiger partial charge in [0.05, 0.1) is 13.0 Å². The summed E-state index contributed by atoms with van der Waals surface area (Å²) >= 11 is 0. The number of aromatic nitrogens is 1. The van der Waals surface area contributed by atoms with E-state index in [1.165, 1.54) is 0 Å². The third-order valence-corrected chi connectivity index (χ3v) is 6.79. The van der Waals surface area contributed by atoms with Gasteiger partial charge in [-0.2, -0.15) is 0 Å². The number of aryl methyl sites for hydroxylation is 1. The molecule has 0 spiro atoms. The fourth-order valence-electron chi connectivity index (χ4n) is 5.18. The maximum absolute atomic E-state index is 12.8. The second-order valence-corrected chi connectivity index (χ2v) is 8.74. The molecule has 2 bridgehead atoms. The van der Waals surface area contributed by atoms with Crippen molar-refractivity contribution in [3.63, 3.8) is 0 Å². The van der Waals surface area contributed by atoms with Crippen LogP contribution >= 0.6 is 0 Å². The van der Waals surface area contributed by atoms with Gasteiger partial charge < -0.3 is 14.0 Å². The summed E-state index contributed by atoms with van der Waals surface area (Å²) in [5.41, 5.74) is 3.22. The molecule has 4 rings (SSSR count). The molecule has 0 amide bonds. The standard InChI is InChI=1S/C25H29NO5/c1-15-11-22(16(2)26(15)20-7-9-21(30-3)10-8-20)23(27)14-31-25(29)19-12-17-5-4-6-18(13-19)24(17)28/h7-11,17-19H,4-6,12-14H2,1-3H3/t17-,18+,19?. The highest BCUT2D eigenvalue weighted by Crippen LogP contribution is 2.40. The molecule has 31 heavy (non-hydrogen) atoms. The van der Waals surface area contributed by atoms with Crippen LogP contribution < -0.4 is 4.74 Å². The fourth-order valence-corrected chi connectivity index (χ4v) is 5.18. The summed E-state index contributed by atoms with van der Waals surface area (Å²) in [7, 11) is 1.62. The minimum atomic E-state index is -0.346.